The van der Waals surface area contributed by atoms with Crippen LogP contribution in [0.3, 0.4) is 0 Å². The molecule has 25 heavy (non-hydrogen) atoms. The maximum absolute atomic E-state index is 12.5. The van der Waals surface area contributed by atoms with Gasteiger partial charge in [-0.25, -0.2) is 8.42 Å². The van der Waals surface area contributed by atoms with Gasteiger partial charge < -0.3 is 10.1 Å². The van der Waals surface area contributed by atoms with Crippen molar-refractivity contribution in [3.05, 3.63) is 53.6 Å². The lowest BCUT2D eigenvalue weighted by Gasteiger charge is -2.15. The van der Waals surface area contributed by atoms with Crippen LogP contribution in [0.15, 0.2) is 47.4 Å². The van der Waals surface area contributed by atoms with Crippen molar-refractivity contribution in [3.8, 4) is 5.75 Å². The van der Waals surface area contributed by atoms with Crippen LogP contribution in [-0.4, -0.2) is 27.5 Å². The zero-order valence-electron chi connectivity index (χ0n) is 14.7. The van der Waals surface area contributed by atoms with Gasteiger partial charge in [-0.15, -0.1) is 0 Å². The zero-order valence-corrected chi connectivity index (χ0v) is 15.5. The molecule has 2 aromatic carbocycles. The molecule has 6 nitrogen and oxygen atoms in total. The van der Waals surface area contributed by atoms with Crippen LogP contribution in [0.2, 0.25) is 0 Å². The molecule has 7 heteroatoms. The van der Waals surface area contributed by atoms with Gasteiger partial charge >= 0.3 is 0 Å². The van der Waals surface area contributed by atoms with E-state index < -0.39 is 22.0 Å². The van der Waals surface area contributed by atoms with E-state index in [1.54, 1.807) is 25.1 Å². The Bertz CT molecular complexity index is 861. The predicted molar refractivity (Wildman–Crippen MR) is 97.3 cm³/mol. The minimum absolute atomic E-state index is 0.0841. The SMILES string of the molecule is COc1ccc(S(=O)(=O)N[C@@H](C)C(=O)Nc2ccc(C)cc2)cc1C. The standard InChI is InChI=1S/C18H22N2O4S/c1-12-5-7-15(8-6-12)19-18(21)14(3)20-25(22,23)16-9-10-17(24-4)13(2)11-16/h5-11,14,20H,1-4H3,(H,19,21)/t14-/m0/s1. The van der Waals surface area contributed by atoms with Crippen LogP contribution >= 0.6 is 0 Å². The first-order valence-corrected chi connectivity index (χ1v) is 9.26. The van der Waals surface area contributed by atoms with E-state index in [9.17, 15) is 13.2 Å². The summed E-state index contributed by atoms with van der Waals surface area (Å²) >= 11 is 0. The highest BCUT2D eigenvalue weighted by Crippen LogP contribution is 2.21. The zero-order chi connectivity index (χ0) is 18.6. The molecule has 0 radical (unpaired) electrons. The van der Waals surface area contributed by atoms with Crippen molar-refractivity contribution in [2.45, 2.75) is 31.7 Å². The molecule has 0 spiro atoms. The van der Waals surface area contributed by atoms with E-state index in [1.807, 2.05) is 19.1 Å². The molecule has 2 aromatic rings. The second-order valence-corrected chi connectivity index (χ2v) is 7.54. The Kier molecular flexibility index (Phi) is 5.81. The van der Waals surface area contributed by atoms with Crippen molar-refractivity contribution in [1.29, 1.82) is 0 Å². The number of hydrogen-bond acceptors (Lipinski definition) is 4. The van der Waals surface area contributed by atoms with Gasteiger partial charge in [0.05, 0.1) is 18.0 Å². The average Bonchev–Trinajstić information content (AvgIpc) is 2.56. The third kappa shape index (κ3) is 4.80. The smallest absolute Gasteiger partial charge is 0.242 e. The third-order valence-corrected chi connectivity index (χ3v) is 5.26. The number of anilines is 1. The Balaban J connectivity index is 2.09. The van der Waals surface area contributed by atoms with Gasteiger partial charge in [0, 0.05) is 5.69 Å². The second kappa shape index (κ2) is 7.67. The molecule has 134 valence electrons. The first-order chi connectivity index (χ1) is 11.7. The van der Waals surface area contributed by atoms with E-state index in [2.05, 4.69) is 10.0 Å². The topological polar surface area (TPSA) is 84.5 Å². The van der Waals surface area contributed by atoms with Crippen molar-refractivity contribution in [2.24, 2.45) is 0 Å². The Hall–Kier alpha value is -2.38. The van der Waals surface area contributed by atoms with E-state index in [0.29, 0.717) is 17.0 Å². The average molecular weight is 362 g/mol. The Morgan fingerprint density at radius 2 is 1.72 bits per heavy atom. The molecule has 0 bridgehead atoms. The van der Waals surface area contributed by atoms with Gasteiger partial charge in [0.1, 0.15) is 5.75 Å². The number of rotatable bonds is 6. The largest absolute Gasteiger partial charge is 0.496 e. The summed E-state index contributed by atoms with van der Waals surface area (Å²) in [4.78, 5) is 12.3. The first kappa shape index (κ1) is 19.0. The van der Waals surface area contributed by atoms with E-state index in [1.165, 1.54) is 26.2 Å². The molecule has 2 rings (SSSR count). The van der Waals surface area contributed by atoms with Crippen LogP contribution in [-0.2, 0) is 14.8 Å². The van der Waals surface area contributed by atoms with Crippen LogP contribution in [0.1, 0.15) is 18.1 Å². The molecule has 0 unspecified atom stereocenters. The van der Waals surface area contributed by atoms with Gasteiger partial charge in [-0.2, -0.15) is 4.72 Å². The van der Waals surface area contributed by atoms with E-state index in [0.717, 1.165) is 5.56 Å². The Morgan fingerprint density at radius 1 is 1.08 bits per heavy atom. The maximum atomic E-state index is 12.5. The molecule has 0 aliphatic heterocycles. The summed E-state index contributed by atoms with van der Waals surface area (Å²) in [7, 11) is -2.30. The molecule has 2 N–H and O–H groups in total. The summed E-state index contributed by atoms with van der Waals surface area (Å²) in [5, 5.41) is 2.69. The number of amides is 1. The van der Waals surface area contributed by atoms with Gasteiger partial charge in [0.15, 0.2) is 0 Å². The molecule has 0 aromatic heterocycles. The maximum Gasteiger partial charge on any atom is 0.242 e. The molecule has 0 aliphatic rings. The fourth-order valence-corrected chi connectivity index (χ4v) is 3.55. The van der Waals surface area contributed by atoms with Crippen LogP contribution in [0.25, 0.3) is 0 Å². The lowest BCUT2D eigenvalue weighted by molar-refractivity contribution is -0.117. The molecule has 0 saturated carbocycles. The molecule has 1 atom stereocenters. The minimum atomic E-state index is -3.82. The minimum Gasteiger partial charge on any atom is -0.496 e. The Morgan fingerprint density at radius 3 is 2.28 bits per heavy atom. The fourth-order valence-electron chi connectivity index (χ4n) is 2.26. The van der Waals surface area contributed by atoms with Gasteiger partial charge in [-0.1, -0.05) is 17.7 Å². The quantitative estimate of drug-likeness (QED) is 0.827. The summed E-state index contributed by atoms with van der Waals surface area (Å²) in [5.74, 6) is 0.168. The number of aryl methyl sites for hydroxylation is 2. The molecule has 0 fully saturated rings. The molecular weight excluding hydrogens is 340 g/mol. The molecule has 0 heterocycles. The lowest BCUT2D eigenvalue weighted by Crippen LogP contribution is -2.41. The summed E-state index contributed by atoms with van der Waals surface area (Å²) < 4.78 is 32.4. The summed E-state index contributed by atoms with van der Waals surface area (Å²) in [5.41, 5.74) is 2.38. The van der Waals surface area contributed by atoms with Crippen molar-refractivity contribution in [1.82, 2.24) is 4.72 Å². The number of hydrogen-bond donors (Lipinski definition) is 2. The third-order valence-electron chi connectivity index (χ3n) is 3.72. The monoisotopic (exact) mass is 362 g/mol. The van der Waals surface area contributed by atoms with Crippen molar-refractivity contribution < 1.29 is 17.9 Å². The van der Waals surface area contributed by atoms with Crippen molar-refractivity contribution >= 4 is 21.6 Å². The summed E-state index contributed by atoms with van der Waals surface area (Å²) in [6, 6.07) is 10.9. The van der Waals surface area contributed by atoms with Crippen molar-refractivity contribution in [3.63, 3.8) is 0 Å². The highest BCUT2D eigenvalue weighted by molar-refractivity contribution is 7.89. The van der Waals surface area contributed by atoms with Crippen LogP contribution in [0.4, 0.5) is 5.69 Å². The normalized spacial score (nSPS) is 12.5. The van der Waals surface area contributed by atoms with Gasteiger partial charge in [-0.05, 0) is 56.7 Å². The second-order valence-electron chi connectivity index (χ2n) is 5.83. The van der Waals surface area contributed by atoms with Crippen LogP contribution in [0.5, 0.6) is 5.75 Å². The highest BCUT2D eigenvalue weighted by atomic mass is 32.2. The predicted octanol–water partition coefficient (Wildman–Crippen LogP) is 2.62. The van der Waals surface area contributed by atoms with E-state index >= 15 is 0 Å². The van der Waals surface area contributed by atoms with Gasteiger partial charge in [-0.3, -0.25) is 4.79 Å². The Labute approximate surface area is 148 Å². The molecule has 0 aliphatic carbocycles. The van der Waals surface area contributed by atoms with E-state index in [-0.39, 0.29) is 4.90 Å². The number of benzene rings is 2. The number of nitrogens with one attached hydrogen (secondary N) is 2. The summed E-state index contributed by atoms with van der Waals surface area (Å²) in [6.45, 7) is 5.20. The number of carbonyl (C=O) groups is 1. The van der Waals surface area contributed by atoms with Gasteiger partial charge in [0.25, 0.3) is 0 Å². The van der Waals surface area contributed by atoms with E-state index in [4.69, 9.17) is 4.74 Å². The van der Waals surface area contributed by atoms with Crippen LogP contribution in [0, 0.1) is 13.8 Å². The first-order valence-electron chi connectivity index (χ1n) is 7.77. The number of methoxy groups -OCH3 is 1. The lowest BCUT2D eigenvalue weighted by atomic mass is 10.2. The van der Waals surface area contributed by atoms with Crippen LogP contribution < -0.4 is 14.8 Å². The van der Waals surface area contributed by atoms with Crippen molar-refractivity contribution in [2.75, 3.05) is 12.4 Å². The van der Waals surface area contributed by atoms with Gasteiger partial charge in [0.2, 0.25) is 15.9 Å². The number of ether oxygens (including phenoxy) is 1. The highest BCUT2D eigenvalue weighted by Gasteiger charge is 2.22. The fraction of sp³-hybridized carbons (Fsp3) is 0.278. The molecule has 1 amide bonds. The summed E-state index contributed by atoms with van der Waals surface area (Å²) in [6.07, 6.45) is 0. The molecule has 0 saturated heterocycles. The molecular formula is C18H22N2O4S. The number of carbonyl (C=O) groups excluding carboxylic acids is 1. The number of sulfonamides is 1.